The van der Waals surface area contributed by atoms with Gasteiger partial charge in [0.25, 0.3) is 0 Å². The van der Waals surface area contributed by atoms with Crippen LogP contribution < -0.4 is 10.6 Å². The Labute approximate surface area is 126 Å². The van der Waals surface area contributed by atoms with E-state index in [0.717, 1.165) is 38.3 Å². The average Bonchev–Trinajstić information content (AvgIpc) is 2.50. The molecular weight excluding hydrogens is 266 g/mol. The zero-order chi connectivity index (χ0) is 15.2. The Bertz CT molecular complexity index is 453. The fourth-order valence-corrected chi connectivity index (χ4v) is 2.79. The Morgan fingerprint density at radius 2 is 1.81 bits per heavy atom. The highest BCUT2D eigenvalue weighted by molar-refractivity contribution is 5.75. The van der Waals surface area contributed by atoms with Crippen LogP contribution in [0.1, 0.15) is 20.3 Å². The predicted molar refractivity (Wildman–Crippen MR) is 85.4 cm³/mol. The van der Waals surface area contributed by atoms with Crippen LogP contribution in [0, 0.1) is 0 Å². The molecule has 2 N–H and O–H groups in total. The molecule has 1 unspecified atom stereocenters. The number of carbonyl (C=O) groups is 1. The monoisotopic (exact) mass is 291 g/mol. The normalized spacial score (nSPS) is 17.5. The minimum atomic E-state index is -0.112. The van der Waals surface area contributed by atoms with E-state index in [-0.39, 0.29) is 12.0 Å². The summed E-state index contributed by atoms with van der Waals surface area (Å²) in [6.07, 6.45) is 0.792. The van der Waals surface area contributed by atoms with Crippen molar-refractivity contribution >= 4 is 17.3 Å². The van der Waals surface area contributed by atoms with Crippen molar-refractivity contribution in [1.82, 2.24) is 4.90 Å². The van der Waals surface area contributed by atoms with Gasteiger partial charge in [-0.1, -0.05) is 6.92 Å². The van der Waals surface area contributed by atoms with Gasteiger partial charge >= 0.3 is 5.97 Å². The Kier molecular flexibility index (Phi) is 5.44. The van der Waals surface area contributed by atoms with Gasteiger partial charge in [0.15, 0.2) is 0 Å². The number of nitrogens with two attached hydrogens (primary N) is 1. The minimum Gasteiger partial charge on any atom is -0.465 e. The molecule has 21 heavy (non-hydrogen) atoms. The smallest absolute Gasteiger partial charge is 0.323 e. The predicted octanol–water partition coefficient (Wildman–Crippen LogP) is 1.73. The number of esters is 1. The van der Waals surface area contributed by atoms with Crippen molar-refractivity contribution in [2.75, 3.05) is 43.4 Å². The third kappa shape index (κ3) is 3.88. The number of piperazine rings is 1. The van der Waals surface area contributed by atoms with Crippen LogP contribution in [0.5, 0.6) is 0 Å². The summed E-state index contributed by atoms with van der Waals surface area (Å²) in [5.74, 6) is -0.0964. The van der Waals surface area contributed by atoms with Crippen LogP contribution in [0.4, 0.5) is 11.4 Å². The summed E-state index contributed by atoms with van der Waals surface area (Å²) >= 11 is 0. The molecule has 0 spiro atoms. The highest BCUT2D eigenvalue weighted by atomic mass is 16.5. The van der Waals surface area contributed by atoms with Gasteiger partial charge in [0.2, 0.25) is 0 Å². The zero-order valence-corrected chi connectivity index (χ0v) is 12.9. The SMILES string of the molecule is CCOC(=O)C(CC)N1CCN(c2ccc(N)cc2)CC1. The molecule has 1 atom stereocenters. The summed E-state index contributed by atoms with van der Waals surface area (Å²) in [4.78, 5) is 16.5. The molecule has 1 fully saturated rings. The van der Waals surface area contributed by atoms with Gasteiger partial charge in [-0.2, -0.15) is 0 Å². The fourth-order valence-electron chi connectivity index (χ4n) is 2.79. The van der Waals surface area contributed by atoms with E-state index in [4.69, 9.17) is 10.5 Å². The van der Waals surface area contributed by atoms with Crippen LogP contribution in [0.15, 0.2) is 24.3 Å². The molecule has 0 saturated carbocycles. The van der Waals surface area contributed by atoms with Gasteiger partial charge in [0.05, 0.1) is 6.61 Å². The van der Waals surface area contributed by atoms with Crippen molar-refractivity contribution in [2.45, 2.75) is 26.3 Å². The molecule has 1 aliphatic rings. The molecule has 1 aromatic rings. The van der Waals surface area contributed by atoms with Crippen molar-refractivity contribution in [3.63, 3.8) is 0 Å². The van der Waals surface area contributed by atoms with Crippen LogP contribution in [0.25, 0.3) is 0 Å². The molecule has 1 aliphatic heterocycles. The molecule has 0 amide bonds. The van der Waals surface area contributed by atoms with Crippen molar-refractivity contribution in [3.05, 3.63) is 24.3 Å². The number of rotatable bonds is 5. The highest BCUT2D eigenvalue weighted by Gasteiger charge is 2.28. The second-order valence-electron chi connectivity index (χ2n) is 5.29. The maximum absolute atomic E-state index is 12.0. The van der Waals surface area contributed by atoms with E-state index in [1.165, 1.54) is 5.69 Å². The second-order valence-corrected chi connectivity index (χ2v) is 5.29. The molecule has 5 nitrogen and oxygen atoms in total. The van der Waals surface area contributed by atoms with Gasteiger partial charge in [0, 0.05) is 37.6 Å². The lowest BCUT2D eigenvalue weighted by Crippen LogP contribution is -2.53. The summed E-state index contributed by atoms with van der Waals surface area (Å²) in [6, 6.07) is 7.84. The topological polar surface area (TPSA) is 58.8 Å². The number of hydrogen-bond acceptors (Lipinski definition) is 5. The van der Waals surface area contributed by atoms with Crippen LogP contribution in [0.2, 0.25) is 0 Å². The number of benzene rings is 1. The van der Waals surface area contributed by atoms with Crippen LogP contribution in [0.3, 0.4) is 0 Å². The maximum atomic E-state index is 12.0. The lowest BCUT2D eigenvalue weighted by atomic mass is 10.1. The Morgan fingerprint density at radius 3 is 2.33 bits per heavy atom. The summed E-state index contributed by atoms with van der Waals surface area (Å²) < 4.78 is 5.16. The summed E-state index contributed by atoms with van der Waals surface area (Å²) in [5, 5.41) is 0. The van der Waals surface area contributed by atoms with Crippen LogP contribution in [-0.2, 0) is 9.53 Å². The van der Waals surface area contributed by atoms with Gasteiger partial charge in [0.1, 0.15) is 6.04 Å². The molecule has 2 rings (SSSR count). The zero-order valence-electron chi connectivity index (χ0n) is 12.9. The fraction of sp³-hybridized carbons (Fsp3) is 0.562. The largest absolute Gasteiger partial charge is 0.465 e. The first-order valence-electron chi connectivity index (χ1n) is 7.66. The molecule has 0 aliphatic carbocycles. The van der Waals surface area contributed by atoms with E-state index in [0.29, 0.717) is 6.61 Å². The molecule has 0 radical (unpaired) electrons. The van der Waals surface area contributed by atoms with Crippen molar-refractivity contribution < 1.29 is 9.53 Å². The van der Waals surface area contributed by atoms with Gasteiger partial charge in [-0.3, -0.25) is 9.69 Å². The van der Waals surface area contributed by atoms with Crippen LogP contribution in [-0.4, -0.2) is 49.7 Å². The summed E-state index contributed by atoms with van der Waals surface area (Å²) in [7, 11) is 0. The molecule has 1 saturated heterocycles. The molecule has 1 heterocycles. The van der Waals surface area contributed by atoms with Gasteiger partial charge in [-0.25, -0.2) is 0 Å². The third-order valence-electron chi connectivity index (χ3n) is 3.96. The van der Waals surface area contributed by atoms with E-state index < -0.39 is 0 Å². The molecule has 0 bridgehead atoms. The second kappa shape index (κ2) is 7.31. The molecule has 116 valence electrons. The van der Waals surface area contributed by atoms with Crippen molar-refractivity contribution in [1.29, 1.82) is 0 Å². The van der Waals surface area contributed by atoms with E-state index >= 15 is 0 Å². The Morgan fingerprint density at radius 1 is 1.19 bits per heavy atom. The first kappa shape index (κ1) is 15.6. The van der Waals surface area contributed by atoms with E-state index in [9.17, 15) is 4.79 Å². The maximum Gasteiger partial charge on any atom is 0.323 e. The Balaban J connectivity index is 1.92. The van der Waals surface area contributed by atoms with Crippen molar-refractivity contribution in [3.8, 4) is 0 Å². The first-order chi connectivity index (χ1) is 10.2. The quantitative estimate of drug-likeness (QED) is 0.661. The number of nitrogen functional groups attached to an aromatic ring is 1. The Hall–Kier alpha value is -1.75. The molecule has 1 aromatic carbocycles. The lowest BCUT2D eigenvalue weighted by Gasteiger charge is -2.39. The standard InChI is InChI=1S/C16H25N3O2/c1-3-15(16(20)21-4-2)19-11-9-18(10-12-19)14-7-5-13(17)6-8-14/h5-8,15H,3-4,9-12,17H2,1-2H3. The third-order valence-corrected chi connectivity index (χ3v) is 3.96. The number of anilines is 2. The highest BCUT2D eigenvalue weighted by Crippen LogP contribution is 2.19. The molecule has 0 aromatic heterocycles. The number of ether oxygens (including phenoxy) is 1. The van der Waals surface area contributed by atoms with E-state index in [1.807, 2.05) is 38.1 Å². The summed E-state index contributed by atoms with van der Waals surface area (Å²) in [5.41, 5.74) is 7.69. The van der Waals surface area contributed by atoms with Gasteiger partial charge in [-0.05, 0) is 37.6 Å². The average molecular weight is 291 g/mol. The molecular formula is C16H25N3O2. The number of hydrogen-bond donors (Lipinski definition) is 1. The van der Waals surface area contributed by atoms with E-state index in [2.05, 4.69) is 9.80 Å². The van der Waals surface area contributed by atoms with Crippen LogP contribution >= 0.6 is 0 Å². The first-order valence-corrected chi connectivity index (χ1v) is 7.66. The minimum absolute atomic E-state index is 0.0964. The number of nitrogens with zero attached hydrogens (tertiary/aromatic N) is 2. The molecule has 5 heteroatoms. The lowest BCUT2D eigenvalue weighted by molar-refractivity contribution is -0.149. The number of carbonyl (C=O) groups excluding carboxylic acids is 1. The van der Waals surface area contributed by atoms with E-state index in [1.54, 1.807) is 0 Å². The summed E-state index contributed by atoms with van der Waals surface area (Å²) in [6.45, 7) is 7.92. The van der Waals surface area contributed by atoms with Gasteiger partial charge in [-0.15, -0.1) is 0 Å². The van der Waals surface area contributed by atoms with Gasteiger partial charge < -0.3 is 15.4 Å². The van der Waals surface area contributed by atoms with Crippen molar-refractivity contribution in [2.24, 2.45) is 0 Å².